The molecule has 126 valence electrons. The number of hydrogen-bond donors (Lipinski definition) is 3. The van der Waals surface area contributed by atoms with E-state index in [4.69, 9.17) is 0 Å². The molecule has 5 nitrogen and oxygen atoms in total. The maximum absolute atomic E-state index is 13.5. The molecule has 4 rings (SSSR count). The molecule has 0 bridgehead atoms. The highest BCUT2D eigenvalue weighted by molar-refractivity contribution is 5.68. The molecule has 0 spiro atoms. The van der Waals surface area contributed by atoms with Crippen LogP contribution in [0.15, 0.2) is 24.3 Å². The number of halogens is 1. The van der Waals surface area contributed by atoms with Gasteiger partial charge in [-0.15, -0.1) is 0 Å². The molecular formula is C18H21FN4O. The van der Waals surface area contributed by atoms with Crippen LogP contribution in [0, 0.1) is 5.82 Å². The van der Waals surface area contributed by atoms with Gasteiger partial charge in [0.05, 0.1) is 6.10 Å². The van der Waals surface area contributed by atoms with Crippen molar-refractivity contribution in [2.75, 3.05) is 17.2 Å². The van der Waals surface area contributed by atoms with Crippen molar-refractivity contribution in [1.29, 1.82) is 0 Å². The van der Waals surface area contributed by atoms with Gasteiger partial charge in [0.1, 0.15) is 17.5 Å². The van der Waals surface area contributed by atoms with Crippen molar-refractivity contribution < 1.29 is 9.50 Å². The molecule has 1 saturated carbocycles. The molecule has 0 saturated heterocycles. The first-order valence-electron chi connectivity index (χ1n) is 8.54. The molecule has 0 radical (unpaired) electrons. The molecular weight excluding hydrogens is 307 g/mol. The number of aromatic nitrogens is 2. The molecule has 1 fully saturated rings. The monoisotopic (exact) mass is 328 g/mol. The van der Waals surface area contributed by atoms with E-state index in [1.165, 1.54) is 12.1 Å². The van der Waals surface area contributed by atoms with Crippen LogP contribution in [0.5, 0.6) is 0 Å². The second kappa shape index (κ2) is 6.36. The fourth-order valence-corrected chi connectivity index (χ4v) is 3.46. The third-order valence-corrected chi connectivity index (χ3v) is 4.79. The van der Waals surface area contributed by atoms with Crippen molar-refractivity contribution >= 4 is 11.6 Å². The number of aliphatic hydroxyl groups is 1. The summed E-state index contributed by atoms with van der Waals surface area (Å²) >= 11 is 0. The highest BCUT2D eigenvalue weighted by Gasteiger charge is 2.24. The largest absolute Gasteiger partial charge is 0.393 e. The molecule has 2 heterocycles. The van der Waals surface area contributed by atoms with Crippen LogP contribution >= 0.6 is 0 Å². The summed E-state index contributed by atoms with van der Waals surface area (Å²) in [7, 11) is 0. The summed E-state index contributed by atoms with van der Waals surface area (Å²) in [6, 6.07) is 6.68. The minimum Gasteiger partial charge on any atom is -0.393 e. The van der Waals surface area contributed by atoms with Gasteiger partial charge in [-0.2, -0.15) is 0 Å². The first-order valence-corrected chi connectivity index (χ1v) is 8.54. The van der Waals surface area contributed by atoms with Crippen LogP contribution in [0.3, 0.4) is 0 Å². The van der Waals surface area contributed by atoms with Gasteiger partial charge < -0.3 is 15.7 Å². The summed E-state index contributed by atoms with van der Waals surface area (Å²) in [6.45, 7) is 0.842. The molecule has 1 aliphatic heterocycles. The minimum absolute atomic E-state index is 0.177. The molecule has 1 aromatic heterocycles. The third kappa shape index (κ3) is 3.06. The summed E-state index contributed by atoms with van der Waals surface area (Å²) in [5.74, 6) is 1.91. The summed E-state index contributed by atoms with van der Waals surface area (Å²) in [5.41, 5.74) is 1.77. The van der Waals surface area contributed by atoms with E-state index in [-0.39, 0.29) is 11.9 Å². The quantitative estimate of drug-likeness (QED) is 0.808. The second-order valence-electron chi connectivity index (χ2n) is 6.56. The zero-order valence-electron chi connectivity index (χ0n) is 13.4. The lowest BCUT2D eigenvalue weighted by Gasteiger charge is -2.27. The van der Waals surface area contributed by atoms with Gasteiger partial charge in [-0.1, -0.05) is 12.1 Å². The van der Waals surface area contributed by atoms with Crippen LogP contribution in [-0.4, -0.2) is 33.8 Å². The second-order valence-corrected chi connectivity index (χ2v) is 6.56. The molecule has 24 heavy (non-hydrogen) atoms. The average Bonchev–Trinajstić information content (AvgIpc) is 3.06. The minimum atomic E-state index is -0.291. The van der Waals surface area contributed by atoms with Gasteiger partial charge in [-0.3, -0.25) is 0 Å². The summed E-state index contributed by atoms with van der Waals surface area (Å²) in [6.07, 6.45) is 4.21. The van der Waals surface area contributed by atoms with E-state index in [2.05, 4.69) is 20.6 Å². The maximum atomic E-state index is 13.5. The Balaban J connectivity index is 1.66. The van der Waals surface area contributed by atoms with Crippen molar-refractivity contribution in [2.24, 2.45) is 0 Å². The lowest BCUT2D eigenvalue weighted by Crippen LogP contribution is -2.29. The van der Waals surface area contributed by atoms with E-state index in [9.17, 15) is 9.50 Å². The van der Waals surface area contributed by atoms with Crippen molar-refractivity contribution in [3.63, 3.8) is 0 Å². The first kappa shape index (κ1) is 15.3. The van der Waals surface area contributed by atoms with Crippen LogP contribution in [-0.2, 0) is 6.42 Å². The zero-order chi connectivity index (χ0) is 16.5. The van der Waals surface area contributed by atoms with Crippen LogP contribution in [0.25, 0.3) is 11.4 Å². The van der Waals surface area contributed by atoms with Gasteiger partial charge in [0.2, 0.25) is 0 Å². The number of anilines is 2. The maximum Gasteiger partial charge on any atom is 0.163 e. The Morgan fingerprint density at radius 2 is 2.00 bits per heavy atom. The fraction of sp³-hybridized carbons (Fsp3) is 0.444. The molecule has 2 aliphatic rings. The van der Waals surface area contributed by atoms with Crippen molar-refractivity contribution in [1.82, 2.24) is 9.97 Å². The number of rotatable bonds is 3. The van der Waals surface area contributed by atoms with E-state index in [0.717, 1.165) is 55.8 Å². The summed E-state index contributed by atoms with van der Waals surface area (Å²) in [4.78, 5) is 9.24. The van der Waals surface area contributed by atoms with Crippen LogP contribution in [0.4, 0.5) is 16.0 Å². The molecule has 0 unspecified atom stereocenters. The normalized spacial score (nSPS) is 22.8. The van der Waals surface area contributed by atoms with E-state index in [0.29, 0.717) is 17.4 Å². The molecule has 2 aromatic rings. The lowest BCUT2D eigenvalue weighted by molar-refractivity contribution is 0.126. The molecule has 1 aliphatic carbocycles. The smallest absolute Gasteiger partial charge is 0.163 e. The Morgan fingerprint density at radius 3 is 2.79 bits per heavy atom. The fourth-order valence-electron chi connectivity index (χ4n) is 3.46. The molecule has 1 aromatic carbocycles. The van der Waals surface area contributed by atoms with Crippen molar-refractivity contribution in [3.05, 3.63) is 35.6 Å². The zero-order valence-corrected chi connectivity index (χ0v) is 13.4. The topological polar surface area (TPSA) is 70.1 Å². The first-order chi connectivity index (χ1) is 11.7. The number of hydrogen-bond acceptors (Lipinski definition) is 5. The Hall–Kier alpha value is -2.21. The summed E-state index contributed by atoms with van der Waals surface area (Å²) in [5, 5.41) is 16.5. The molecule has 0 atom stereocenters. The highest BCUT2D eigenvalue weighted by atomic mass is 19.1. The van der Waals surface area contributed by atoms with E-state index in [1.807, 2.05) is 6.07 Å². The SMILES string of the molecule is OC1CCC(Nc2nc(-c3cccc(F)c3)nc3c2CCN3)CC1. The van der Waals surface area contributed by atoms with Gasteiger partial charge in [-0.05, 0) is 44.2 Å². The Kier molecular flexibility index (Phi) is 4.06. The molecule has 6 heteroatoms. The van der Waals surface area contributed by atoms with Gasteiger partial charge >= 0.3 is 0 Å². The Bertz CT molecular complexity index is 744. The van der Waals surface area contributed by atoms with E-state index in [1.54, 1.807) is 6.07 Å². The summed E-state index contributed by atoms with van der Waals surface area (Å²) < 4.78 is 13.5. The lowest BCUT2D eigenvalue weighted by atomic mass is 9.93. The highest BCUT2D eigenvalue weighted by Crippen LogP contribution is 2.31. The third-order valence-electron chi connectivity index (χ3n) is 4.79. The van der Waals surface area contributed by atoms with Gasteiger partial charge in [-0.25, -0.2) is 14.4 Å². The Morgan fingerprint density at radius 1 is 1.17 bits per heavy atom. The number of aliphatic hydroxyl groups excluding tert-OH is 1. The van der Waals surface area contributed by atoms with Crippen LogP contribution < -0.4 is 10.6 Å². The van der Waals surface area contributed by atoms with E-state index >= 15 is 0 Å². The number of benzene rings is 1. The van der Waals surface area contributed by atoms with Crippen LogP contribution in [0.1, 0.15) is 31.2 Å². The molecule has 3 N–H and O–H groups in total. The standard InChI is InChI=1S/C18H21FN4O/c19-12-3-1-2-11(10-12)16-22-17-15(8-9-20-17)18(23-16)21-13-4-6-14(24)7-5-13/h1-3,10,13-14,24H,4-9H2,(H2,20,21,22,23). The predicted octanol–water partition coefficient (Wildman–Crippen LogP) is 2.97. The predicted molar refractivity (Wildman–Crippen MR) is 91.5 cm³/mol. The van der Waals surface area contributed by atoms with Gasteiger partial charge in [0, 0.05) is 23.7 Å². The van der Waals surface area contributed by atoms with E-state index < -0.39 is 0 Å². The van der Waals surface area contributed by atoms with Crippen molar-refractivity contribution in [2.45, 2.75) is 44.2 Å². The number of fused-ring (bicyclic) bond motifs is 1. The molecule has 0 amide bonds. The Labute approximate surface area is 140 Å². The van der Waals surface area contributed by atoms with Crippen LogP contribution in [0.2, 0.25) is 0 Å². The van der Waals surface area contributed by atoms with Crippen molar-refractivity contribution in [3.8, 4) is 11.4 Å². The number of nitrogens with zero attached hydrogens (tertiary/aromatic N) is 2. The van der Waals surface area contributed by atoms with Gasteiger partial charge in [0.25, 0.3) is 0 Å². The van der Waals surface area contributed by atoms with Gasteiger partial charge in [0.15, 0.2) is 5.82 Å². The number of nitrogens with one attached hydrogen (secondary N) is 2. The average molecular weight is 328 g/mol.